The highest BCUT2D eigenvalue weighted by molar-refractivity contribution is 5.35. The Morgan fingerprint density at radius 3 is 3.40 bits per heavy atom. The summed E-state index contributed by atoms with van der Waals surface area (Å²) in [6.07, 6.45) is 1.38. The molecule has 51 valence electrons. The van der Waals surface area contributed by atoms with Gasteiger partial charge >= 0.3 is 0 Å². The van der Waals surface area contributed by atoms with E-state index in [1.165, 1.54) is 5.56 Å². The molecule has 1 heteroatoms. The van der Waals surface area contributed by atoms with Crippen LogP contribution in [-0.4, -0.2) is 6.10 Å². The zero-order valence-electron chi connectivity index (χ0n) is 5.92. The van der Waals surface area contributed by atoms with Crippen molar-refractivity contribution in [3.8, 4) is 5.75 Å². The molecule has 1 unspecified atom stereocenters. The van der Waals surface area contributed by atoms with Crippen LogP contribution in [0, 0.1) is 6.07 Å². The second-order valence-corrected chi connectivity index (χ2v) is 2.66. The topological polar surface area (TPSA) is 9.23 Å². The van der Waals surface area contributed by atoms with E-state index in [9.17, 15) is 0 Å². The third-order valence-electron chi connectivity index (χ3n) is 1.73. The third kappa shape index (κ3) is 0.783. The highest BCUT2D eigenvalue weighted by Crippen LogP contribution is 2.26. The van der Waals surface area contributed by atoms with Crippen molar-refractivity contribution < 1.29 is 4.74 Å². The molecule has 0 aliphatic carbocycles. The monoisotopic (exact) mass is 133 g/mol. The lowest BCUT2D eigenvalue weighted by molar-refractivity contribution is 0.254. The van der Waals surface area contributed by atoms with Crippen LogP contribution in [0.3, 0.4) is 0 Å². The van der Waals surface area contributed by atoms with E-state index >= 15 is 0 Å². The van der Waals surface area contributed by atoms with E-state index in [0.717, 1.165) is 12.2 Å². The predicted octanol–water partition coefficient (Wildman–Crippen LogP) is 1.81. The molecule has 0 fully saturated rings. The van der Waals surface area contributed by atoms with E-state index in [-0.39, 0.29) is 0 Å². The highest BCUT2D eigenvalue weighted by Gasteiger charge is 2.17. The fourth-order valence-corrected chi connectivity index (χ4v) is 1.28. The van der Waals surface area contributed by atoms with Gasteiger partial charge in [0, 0.05) is 12.5 Å². The Bertz CT molecular complexity index is 217. The zero-order chi connectivity index (χ0) is 6.97. The fourth-order valence-electron chi connectivity index (χ4n) is 1.28. The van der Waals surface area contributed by atoms with Gasteiger partial charge in [0.1, 0.15) is 11.9 Å². The minimum atomic E-state index is 0.341. The number of ether oxygens (including phenoxy) is 1. The molecule has 1 heterocycles. The summed E-state index contributed by atoms with van der Waals surface area (Å²) >= 11 is 0. The number of para-hydroxylation sites is 1. The van der Waals surface area contributed by atoms with Gasteiger partial charge in [-0.3, -0.25) is 0 Å². The Kier molecular flexibility index (Phi) is 1.16. The van der Waals surface area contributed by atoms with Crippen molar-refractivity contribution in [1.82, 2.24) is 0 Å². The second-order valence-electron chi connectivity index (χ2n) is 2.66. The van der Waals surface area contributed by atoms with E-state index in [4.69, 9.17) is 4.74 Å². The van der Waals surface area contributed by atoms with Gasteiger partial charge in [-0.25, -0.2) is 0 Å². The molecule has 2 rings (SSSR count). The number of rotatable bonds is 0. The van der Waals surface area contributed by atoms with Crippen molar-refractivity contribution in [2.75, 3.05) is 0 Å². The first-order valence-electron chi connectivity index (χ1n) is 3.52. The molecule has 1 nitrogen and oxygen atoms in total. The average molecular weight is 133 g/mol. The molecule has 10 heavy (non-hydrogen) atoms. The normalized spacial score (nSPS) is 21.9. The van der Waals surface area contributed by atoms with E-state index in [1.54, 1.807) is 0 Å². The summed E-state index contributed by atoms with van der Waals surface area (Å²) in [5, 5.41) is 0. The first-order valence-corrected chi connectivity index (χ1v) is 3.52. The van der Waals surface area contributed by atoms with Gasteiger partial charge in [-0.05, 0) is 12.5 Å². The van der Waals surface area contributed by atoms with E-state index in [1.807, 2.05) is 12.1 Å². The zero-order valence-corrected chi connectivity index (χ0v) is 5.92. The van der Waals surface area contributed by atoms with Gasteiger partial charge in [0.2, 0.25) is 0 Å². The van der Waals surface area contributed by atoms with Gasteiger partial charge in [-0.15, -0.1) is 0 Å². The van der Waals surface area contributed by atoms with Gasteiger partial charge in [0.15, 0.2) is 0 Å². The summed E-state index contributed by atoms with van der Waals surface area (Å²) in [5.41, 5.74) is 1.29. The second kappa shape index (κ2) is 2.01. The first kappa shape index (κ1) is 5.78. The van der Waals surface area contributed by atoms with Crippen molar-refractivity contribution in [2.45, 2.75) is 19.4 Å². The van der Waals surface area contributed by atoms with Crippen molar-refractivity contribution in [1.29, 1.82) is 0 Å². The van der Waals surface area contributed by atoms with Crippen LogP contribution >= 0.6 is 0 Å². The van der Waals surface area contributed by atoms with E-state index in [2.05, 4.69) is 19.1 Å². The van der Waals surface area contributed by atoms with Crippen LogP contribution < -0.4 is 4.74 Å². The van der Waals surface area contributed by atoms with Crippen molar-refractivity contribution >= 4 is 0 Å². The van der Waals surface area contributed by atoms with Gasteiger partial charge < -0.3 is 4.74 Å². The maximum atomic E-state index is 5.45. The molecular weight excluding hydrogens is 124 g/mol. The maximum Gasteiger partial charge on any atom is 0.131 e. The van der Waals surface area contributed by atoms with Crippen LogP contribution in [0.15, 0.2) is 18.2 Å². The molecule has 1 aliphatic heterocycles. The number of hydrogen-bond acceptors (Lipinski definition) is 1. The summed E-state index contributed by atoms with van der Waals surface area (Å²) < 4.78 is 5.45. The van der Waals surface area contributed by atoms with Crippen LogP contribution in [0.4, 0.5) is 0 Å². The van der Waals surface area contributed by atoms with Crippen molar-refractivity contribution in [2.24, 2.45) is 0 Å². The predicted molar refractivity (Wildman–Crippen MR) is 39.1 cm³/mol. The highest BCUT2D eigenvalue weighted by atomic mass is 16.5. The molecule has 0 bridgehead atoms. The van der Waals surface area contributed by atoms with Crippen LogP contribution in [0.1, 0.15) is 12.5 Å². The Morgan fingerprint density at radius 1 is 1.70 bits per heavy atom. The fraction of sp³-hybridized carbons (Fsp3) is 0.333. The largest absolute Gasteiger partial charge is 0.489 e. The van der Waals surface area contributed by atoms with Crippen molar-refractivity contribution in [3.63, 3.8) is 0 Å². The third-order valence-corrected chi connectivity index (χ3v) is 1.73. The molecule has 1 aromatic rings. The van der Waals surface area contributed by atoms with E-state index in [0.29, 0.717) is 6.10 Å². The molecule has 0 saturated carbocycles. The van der Waals surface area contributed by atoms with Gasteiger partial charge in [-0.2, -0.15) is 0 Å². The van der Waals surface area contributed by atoms with Crippen molar-refractivity contribution in [3.05, 3.63) is 29.8 Å². The minimum Gasteiger partial charge on any atom is -0.489 e. The van der Waals surface area contributed by atoms with E-state index < -0.39 is 0 Å². The molecule has 0 N–H and O–H groups in total. The van der Waals surface area contributed by atoms with Crippen LogP contribution in [-0.2, 0) is 6.42 Å². The molecule has 1 atom stereocenters. The molecular formula is C9H9O. The molecule has 0 saturated heterocycles. The molecule has 0 aromatic heterocycles. The summed E-state index contributed by atoms with van der Waals surface area (Å²) in [5.74, 6) is 0.940. The Balaban J connectivity index is 2.42. The average Bonchev–Trinajstić information content (AvgIpc) is 2.27. The Morgan fingerprint density at radius 2 is 2.60 bits per heavy atom. The van der Waals surface area contributed by atoms with Gasteiger partial charge in [0.05, 0.1) is 0 Å². The van der Waals surface area contributed by atoms with Crippen LogP contribution in [0.25, 0.3) is 0 Å². The number of fused-ring (bicyclic) bond motifs is 1. The number of hydrogen-bond donors (Lipinski definition) is 0. The Hall–Kier alpha value is -0.980. The Labute approximate surface area is 60.6 Å². The lowest BCUT2D eigenvalue weighted by atomic mass is 10.1. The molecule has 0 spiro atoms. The quantitative estimate of drug-likeness (QED) is 0.524. The lowest BCUT2D eigenvalue weighted by Crippen LogP contribution is -2.05. The lowest BCUT2D eigenvalue weighted by Gasteiger charge is -2.00. The smallest absolute Gasteiger partial charge is 0.131 e. The maximum absolute atomic E-state index is 5.45. The van der Waals surface area contributed by atoms with Crippen LogP contribution in [0.5, 0.6) is 5.75 Å². The van der Waals surface area contributed by atoms with Crippen LogP contribution in [0.2, 0.25) is 0 Å². The summed E-state index contributed by atoms with van der Waals surface area (Å²) in [7, 11) is 0. The molecule has 0 amide bonds. The number of benzene rings is 1. The minimum absolute atomic E-state index is 0.341. The standard InChI is InChI=1S/C9H9O/c1-7-6-8-4-2-3-5-9(8)10-7/h2-4,7H,6H2,1H3. The molecule has 1 aromatic carbocycles. The van der Waals surface area contributed by atoms with Gasteiger partial charge in [-0.1, -0.05) is 18.2 Å². The summed E-state index contributed by atoms with van der Waals surface area (Å²) in [6, 6.07) is 9.04. The van der Waals surface area contributed by atoms with Gasteiger partial charge in [0.25, 0.3) is 0 Å². The first-order chi connectivity index (χ1) is 4.86. The summed E-state index contributed by atoms with van der Waals surface area (Å²) in [4.78, 5) is 0. The molecule has 1 radical (unpaired) electrons. The summed E-state index contributed by atoms with van der Waals surface area (Å²) in [6.45, 7) is 2.08. The molecule has 1 aliphatic rings. The SMILES string of the molecule is CC1Cc2ccc[c]c2O1.